The van der Waals surface area contributed by atoms with Crippen molar-refractivity contribution in [3.63, 3.8) is 0 Å². The fourth-order valence-electron chi connectivity index (χ4n) is 1.40. The van der Waals surface area contributed by atoms with Crippen LogP contribution in [-0.4, -0.2) is 13.2 Å². The van der Waals surface area contributed by atoms with Crippen LogP contribution in [-0.2, 0) is 19.8 Å². The van der Waals surface area contributed by atoms with Crippen molar-refractivity contribution in [1.82, 2.24) is 0 Å². The van der Waals surface area contributed by atoms with Crippen LogP contribution < -0.4 is 0 Å². The van der Waals surface area contributed by atoms with E-state index in [0.717, 1.165) is 0 Å². The number of hydrogen-bond donors (Lipinski definition) is 0. The third kappa shape index (κ3) is 4.51. The summed E-state index contributed by atoms with van der Waals surface area (Å²) in [5.41, 5.74) is 0.579. The van der Waals surface area contributed by atoms with E-state index in [4.69, 9.17) is 9.05 Å². The molecule has 0 radical (unpaired) electrons. The molecule has 0 fully saturated rings. The van der Waals surface area contributed by atoms with Gasteiger partial charge in [-0.25, -0.2) is 4.39 Å². The smallest absolute Gasteiger partial charge is 0.309 e. The van der Waals surface area contributed by atoms with Crippen molar-refractivity contribution in [3.8, 4) is 0 Å². The van der Waals surface area contributed by atoms with Crippen molar-refractivity contribution in [2.24, 2.45) is 0 Å². The largest absolute Gasteiger partial charge is 0.335 e. The Labute approximate surface area is 109 Å². The number of rotatable bonds is 6. The average Bonchev–Trinajstić information content (AvgIpc) is 2.24. The minimum absolute atomic E-state index is 0.0625. The second-order valence-electron chi connectivity index (χ2n) is 3.34. The summed E-state index contributed by atoms with van der Waals surface area (Å²) < 4.78 is 36.4. The van der Waals surface area contributed by atoms with Crippen molar-refractivity contribution in [2.45, 2.75) is 20.0 Å². The molecule has 0 aromatic heterocycles. The van der Waals surface area contributed by atoms with Crippen LogP contribution in [0.5, 0.6) is 0 Å². The first-order valence-electron chi connectivity index (χ1n) is 5.33. The maximum Gasteiger partial charge on any atom is 0.335 e. The van der Waals surface area contributed by atoms with E-state index in [1.807, 2.05) is 0 Å². The highest BCUT2D eigenvalue weighted by Gasteiger charge is 2.25. The Kier molecular flexibility index (Phi) is 5.80. The first-order valence-corrected chi connectivity index (χ1v) is 7.85. The third-order valence-corrected chi connectivity index (χ3v) is 4.83. The van der Waals surface area contributed by atoms with Gasteiger partial charge in [0.2, 0.25) is 0 Å². The maximum absolute atomic E-state index is 13.1. The van der Waals surface area contributed by atoms with Gasteiger partial charge in [-0.1, -0.05) is 15.9 Å². The second kappa shape index (κ2) is 6.64. The van der Waals surface area contributed by atoms with Crippen LogP contribution in [0.2, 0.25) is 0 Å². The quantitative estimate of drug-likeness (QED) is 0.729. The van der Waals surface area contributed by atoms with Gasteiger partial charge in [0.1, 0.15) is 5.82 Å². The van der Waals surface area contributed by atoms with Gasteiger partial charge in [-0.15, -0.1) is 0 Å². The highest BCUT2D eigenvalue weighted by molar-refractivity contribution is 9.10. The van der Waals surface area contributed by atoms with Gasteiger partial charge in [0.15, 0.2) is 0 Å². The normalized spacial score (nSPS) is 11.8. The van der Waals surface area contributed by atoms with Crippen molar-refractivity contribution in [2.75, 3.05) is 13.2 Å². The molecule has 0 heterocycles. The molecule has 0 aliphatic rings. The molecule has 0 atom stereocenters. The summed E-state index contributed by atoms with van der Waals surface area (Å²) in [6.45, 7) is 4.08. The van der Waals surface area contributed by atoms with E-state index in [1.165, 1.54) is 12.1 Å². The van der Waals surface area contributed by atoms with E-state index in [0.29, 0.717) is 23.2 Å². The molecule has 0 bridgehead atoms. The summed E-state index contributed by atoms with van der Waals surface area (Å²) in [5.74, 6) is -0.372. The van der Waals surface area contributed by atoms with Gasteiger partial charge in [0, 0.05) is 4.47 Å². The fourth-order valence-corrected chi connectivity index (χ4v) is 3.72. The van der Waals surface area contributed by atoms with E-state index in [1.54, 1.807) is 19.9 Å². The van der Waals surface area contributed by atoms with Gasteiger partial charge in [0.05, 0.1) is 19.4 Å². The number of hydrogen-bond acceptors (Lipinski definition) is 3. The molecule has 1 rings (SSSR count). The van der Waals surface area contributed by atoms with Gasteiger partial charge < -0.3 is 9.05 Å². The summed E-state index contributed by atoms with van der Waals surface area (Å²) in [6.07, 6.45) is 0.0625. The van der Waals surface area contributed by atoms with Crippen molar-refractivity contribution >= 4 is 23.5 Å². The van der Waals surface area contributed by atoms with Gasteiger partial charge in [-0.05, 0) is 37.6 Å². The van der Waals surface area contributed by atoms with Gasteiger partial charge in [-0.2, -0.15) is 0 Å². The van der Waals surface area contributed by atoms with Crippen LogP contribution in [0.4, 0.5) is 4.39 Å². The minimum Gasteiger partial charge on any atom is -0.309 e. The van der Waals surface area contributed by atoms with Crippen LogP contribution in [0.15, 0.2) is 22.7 Å². The molecule has 0 aliphatic heterocycles. The molecule has 0 unspecified atom stereocenters. The monoisotopic (exact) mass is 324 g/mol. The lowest BCUT2D eigenvalue weighted by atomic mass is 10.2. The maximum atomic E-state index is 13.1. The molecule has 1 aromatic rings. The lowest BCUT2D eigenvalue weighted by molar-refractivity contribution is 0.219. The molecule has 0 spiro atoms. The Bertz CT molecular complexity index is 415. The summed E-state index contributed by atoms with van der Waals surface area (Å²) in [5, 5.41) is 0. The highest BCUT2D eigenvalue weighted by Crippen LogP contribution is 2.52. The van der Waals surface area contributed by atoms with Gasteiger partial charge in [0.25, 0.3) is 0 Å². The van der Waals surface area contributed by atoms with E-state index in [-0.39, 0.29) is 12.0 Å². The Balaban J connectivity index is 2.93. The Hall–Kier alpha value is -0.220. The lowest BCUT2D eigenvalue weighted by Crippen LogP contribution is -2.00. The minimum atomic E-state index is -3.18. The average molecular weight is 325 g/mol. The first kappa shape index (κ1) is 14.8. The van der Waals surface area contributed by atoms with E-state index >= 15 is 0 Å². The third-order valence-electron chi connectivity index (χ3n) is 2.02. The molecule has 0 saturated heterocycles. The Morgan fingerprint density at radius 2 is 1.88 bits per heavy atom. The number of benzene rings is 1. The molecule has 3 nitrogen and oxygen atoms in total. The van der Waals surface area contributed by atoms with Crippen LogP contribution >= 0.6 is 23.5 Å². The molecule has 0 saturated carbocycles. The molecule has 0 aliphatic carbocycles. The summed E-state index contributed by atoms with van der Waals surface area (Å²) in [6, 6.07) is 4.24. The summed E-state index contributed by atoms with van der Waals surface area (Å²) in [4.78, 5) is 0. The zero-order valence-electron chi connectivity index (χ0n) is 9.78. The lowest BCUT2D eigenvalue weighted by Gasteiger charge is -2.17. The zero-order valence-corrected chi connectivity index (χ0v) is 12.3. The van der Waals surface area contributed by atoms with E-state index in [2.05, 4.69) is 15.9 Å². The van der Waals surface area contributed by atoms with E-state index in [9.17, 15) is 8.96 Å². The second-order valence-corrected chi connectivity index (χ2v) is 6.25. The predicted octanol–water partition coefficient (Wildman–Crippen LogP) is 4.35. The van der Waals surface area contributed by atoms with Crippen LogP contribution in [0.25, 0.3) is 0 Å². The first-order chi connectivity index (χ1) is 8.00. The number of halogens is 2. The van der Waals surface area contributed by atoms with Crippen molar-refractivity contribution in [1.29, 1.82) is 0 Å². The highest BCUT2D eigenvalue weighted by atomic mass is 79.9. The molecule has 1 aromatic carbocycles. The standard InChI is InChI=1S/C11H15BrFO3P/c1-3-15-17(14,16-4-2)8-9-7-10(13)5-6-11(9)12/h5-7H,3-4,8H2,1-2H3. The van der Waals surface area contributed by atoms with Gasteiger partial charge >= 0.3 is 7.60 Å². The molecular weight excluding hydrogens is 310 g/mol. The molecule has 0 amide bonds. The van der Waals surface area contributed by atoms with Crippen molar-refractivity contribution in [3.05, 3.63) is 34.1 Å². The summed E-state index contributed by atoms with van der Waals surface area (Å²) >= 11 is 3.29. The van der Waals surface area contributed by atoms with Gasteiger partial charge in [-0.3, -0.25) is 4.57 Å². The molecule has 17 heavy (non-hydrogen) atoms. The predicted molar refractivity (Wildman–Crippen MR) is 68.7 cm³/mol. The SMILES string of the molecule is CCOP(=O)(Cc1cc(F)ccc1Br)OCC. The van der Waals surface area contributed by atoms with Crippen LogP contribution in [0.1, 0.15) is 19.4 Å². The topological polar surface area (TPSA) is 35.5 Å². The zero-order chi connectivity index (χ0) is 12.9. The van der Waals surface area contributed by atoms with E-state index < -0.39 is 7.60 Å². The fraction of sp³-hybridized carbons (Fsp3) is 0.455. The van der Waals surface area contributed by atoms with Crippen molar-refractivity contribution < 1.29 is 18.0 Å². The Morgan fingerprint density at radius 1 is 1.29 bits per heavy atom. The molecule has 96 valence electrons. The van der Waals surface area contributed by atoms with Crippen LogP contribution in [0, 0.1) is 5.82 Å². The molecule has 0 N–H and O–H groups in total. The molecular formula is C11H15BrFO3P. The summed E-state index contributed by atoms with van der Waals surface area (Å²) in [7, 11) is -3.18. The Morgan fingerprint density at radius 3 is 2.41 bits per heavy atom. The molecule has 6 heteroatoms. The van der Waals surface area contributed by atoms with Crippen LogP contribution in [0.3, 0.4) is 0 Å².